The van der Waals surface area contributed by atoms with Gasteiger partial charge in [-0.1, -0.05) is 5.16 Å². The molecule has 0 aliphatic rings. The van der Waals surface area contributed by atoms with E-state index in [2.05, 4.69) is 10.5 Å². The zero-order valence-electron chi connectivity index (χ0n) is 13.3. The molecule has 0 atom stereocenters. The number of hydrogen-bond donors (Lipinski definition) is 1. The number of carbonyl (C=O) groups excluding carboxylic acids is 1. The van der Waals surface area contributed by atoms with Crippen molar-refractivity contribution in [1.29, 1.82) is 0 Å². The summed E-state index contributed by atoms with van der Waals surface area (Å²) in [5.74, 6) is 1.63. The van der Waals surface area contributed by atoms with Gasteiger partial charge in [0.25, 0.3) is 5.91 Å². The van der Waals surface area contributed by atoms with E-state index in [1.807, 2.05) is 24.3 Å². The van der Waals surface area contributed by atoms with Crippen LogP contribution in [0.25, 0.3) is 11.3 Å². The highest BCUT2D eigenvalue weighted by atomic mass is 16.5. The summed E-state index contributed by atoms with van der Waals surface area (Å²) >= 11 is 0. The van der Waals surface area contributed by atoms with E-state index in [9.17, 15) is 4.79 Å². The third-order valence-electron chi connectivity index (χ3n) is 3.47. The van der Waals surface area contributed by atoms with Crippen molar-refractivity contribution in [2.75, 3.05) is 19.5 Å². The molecule has 0 radical (unpaired) electrons. The van der Waals surface area contributed by atoms with E-state index < -0.39 is 0 Å². The molecule has 3 rings (SSSR count). The minimum atomic E-state index is -0.344. The minimum absolute atomic E-state index is 0.205. The van der Waals surface area contributed by atoms with Gasteiger partial charge in [-0.25, -0.2) is 0 Å². The second-order valence-electron chi connectivity index (χ2n) is 4.99. The Morgan fingerprint density at radius 1 is 0.958 bits per heavy atom. The molecule has 1 amide bonds. The first kappa shape index (κ1) is 15.6. The maximum absolute atomic E-state index is 12.2. The molecule has 1 N–H and O–H groups in total. The molecular weight excluding hydrogens is 308 g/mol. The number of ether oxygens (including phenoxy) is 2. The van der Waals surface area contributed by atoms with Crippen molar-refractivity contribution in [3.8, 4) is 22.8 Å². The van der Waals surface area contributed by atoms with Gasteiger partial charge in [0.15, 0.2) is 11.5 Å². The van der Waals surface area contributed by atoms with Crippen molar-refractivity contribution in [1.82, 2.24) is 5.16 Å². The highest BCUT2D eigenvalue weighted by molar-refractivity contribution is 6.03. The van der Waals surface area contributed by atoms with Crippen LogP contribution in [0.4, 0.5) is 5.69 Å². The number of rotatable bonds is 5. The van der Waals surface area contributed by atoms with Gasteiger partial charge in [-0.05, 0) is 48.5 Å². The van der Waals surface area contributed by atoms with Crippen molar-refractivity contribution in [3.05, 3.63) is 60.3 Å². The van der Waals surface area contributed by atoms with Crippen molar-refractivity contribution in [3.63, 3.8) is 0 Å². The molecule has 0 aliphatic carbocycles. The van der Waals surface area contributed by atoms with Crippen LogP contribution in [-0.2, 0) is 0 Å². The number of carbonyl (C=O) groups is 1. The summed E-state index contributed by atoms with van der Waals surface area (Å²) in [6.07, 6.45) is 0. The molecular formula is C18H16N2O4. The first-order valence-electron chi connectivity index (χ1n) is 7.26. The molecule has 1 heterocycles. The van der Waals surface area contributed by atoms with Gasteiger partial charge in [-0.15, -0.1) is 0 Å². The van der Waals surface area contributed by atoms with Crippen molar-refractivity contribution >= 4 is 11.6 Å². The molecule has 122 valence electrons. The topological polar surface area (TPSA) is 73.6 Å². The molecule has 0 aliphatic heterocycles. The van der Waals surface area contributed by atoms with Crippen LogP contribution in [-0.4, -0.2) is 25.3 Å². The van der Waals surface area contributed by atoms with Crippen LogP contribution in [0.2, 0.25) is 0 Å². The fourth-order valence-corrected chi connectivity index (χ4v) is 2.14. The van der Waals surface area contributed by atoms with E-state index in [0.29, 0.717) is 11.4 Å². The van der Waals surface area contributed by atoms with E-state index in [-0.39, 0.29) is 11.6 Å². The lowest BCUT2D eigenvalue weighted by molar-refractivity contribution is 0.101. The van der Waals surface area contributed by atoms with Crippen LogP contribution >= 0.6 is 0 Å². The number of aromatic nitrogens is 1. The predicted octanol–water partition coefficient (Wildman–Crippen LogP) is 3.61. The van der Waals surface area contributed by atoms with E-state index >= 15 is 0 Å². The van der Waals surface area contributed by atoms with Gasteiger partial charge in [0.05, 0.1) is 14.2 Å². The van der Waals surface area contributed by atoms with E-state index in [0.717, 1.165) is 17.1 Å². The van der Waals surface area contributed by atoms with Crippen molar-refractivity contribution < 1.29 is 18.8 Å². The average Bonchev–Trinajstić information content (AvgIpc) is 3.13. The first-order chi connectivity index (χ1) is 11.7. The van der Waals surface area contributed by atoms with Crippen LogP contribution in [0.15, 0.2) is 59.1 Å². The van der Waals surface area contributed by atoms with E-state index in [1.165, 1.54) is 0 Å². The van der Waals surface area contributed by atoms with Gasteiger partial charge in [-0.3, -0.25) is 4.79 Å². The Morgan fingerprint density at radius 3 is 2.12 bits per heavy atom. The van der Waals surface area contributed by atoms with Gasteiger partial charge >= 0.3 is 0 Å². The van der Waals surface area contributed by atoms with Gasteiger partial charge in [0, 0.05) is 17.3 Å². The lowest BCUT2D eigenvalue weighted by atomic mass is 10.1. The van der Waals surface area contributed by atoms with E-state index in [1.54, 1.807) is 44.6 Å². The zero-order chi connectivity index (χ0) is 16.9. The Bertz CT molecular complexity index is 823. The van der Waals surface area contributed by atoms with Crippen LogP contribution in [0, 0.1) is 0 Å². The predicted molar refractivity (Wildman–Crippen MR) is 89.4 cm³/mol. The molecule has 0 unspecified atom stereocenters. The summed E-state index contributed by atoms with van der Waals surface area (Å²) in [7, 11) is 3.19. The Kier molecular flexibility index (Phi) is 4.47. The van der Waals surface area contributed by atoms with Gasteiger partial charge in [0.2, 0.25) is 0 Å². The third-order valence-corrected chi connectivity index (χ3v) is 3.47. The third kappa shape index (κ3) is 3.38. The van der Waals surface area contributed by atoms with E-state index in [4.69, 9.17) is 14.0 Å². The lowest BCUT2D eigenvalue weighted by Crippen LogP contribution is -2.11. The summed E-state index contributed by atoms with van der Waals surface area (Å²) in [5, 5.41) is 6.58. The van der Waals surface area contributed by atoms with Gasteiger partial charge in [0.1, 0.15) is 11.5 Å². The Morgan fingerprint density at radius 2 is 1.54 bits per heavy atom. The standard InChI is InChI=1S/C18H16N2O4/c1-22-14-7-3-12(4-8-14)17-11-16(20-24-17)18(21)19-13-5-9-15(23-2)10-6-13/h3-11H,1-2H3,(H,19,21). The summed E-state index contributed by atoms with van der Waals surface area (Å²) in [5.41, 5.74) is 1.67. The molecule has 6 nitrogen and oxygen atoms in total. The molecule has 0 bridgehead atoms. The number of anilines is 1. The Hall–Kier alpha value is -3.28. The number of amides is 1. The Balaban J connectivity index is 1.72. The number of nitrogens with one attached hydrogen (secondary N) is 1. The average molecular weight is 324 g/mol. The molecule has 0 fully saturated rings. The maximum atomic E-state index is 12.2. The number of benzene rings is 2. The minimum Gasteiger partial charge on any atom is -0.497 e. The zero-order valence-corrected chi connectivity index (χ0v) is 13.3. The molecule has 1 aromatic heterocycles. The molecule has 0 saturated carbocycles. The number of nitrogens with zero attached hydrogens (tertiary/aromatic N) is 1. The van der Waals surface area contributed by atoms with Crippen molar-refractivity contribution in [2.45, 2.75) is 0 Å². The highest BCUT2D eigenvalue weighted by Crippen LogP contribution is 2.23. The normalized spacial score (nSPS) is 10.2. The second-order valence-corrected chi connectivity index (χ2v) is 4.99. The largest absolute Gasteiger partial charge is 0.497 e. The lowest BCUT2D eigenvalue weighted by Gasteiger charge is -2.04. The smallest absolute Gasteiger partial charge is 0.277 e. The molecule has 0 spiro atoms. The number of methoxy groups -OCH3 is 2. The molecule has 3 aromatic rings. The van der Waals surface area contributed by atoms with Crippen LogP contribution < -0.4 is 14.8 Å². The summed E-state index contributed by atoms with van der Waals surface area (Å²) in [6.45, 7) is 0. The molecule has 0 saturated heterocycles. The highest BCUT2D eigenvalue weighted by Gasteiger charge is 2.14. The maximum Gasteiger partial charge on any atom is 0.277 e. The SMILES string of the molecule is COc1ccc(NC(=O)c2cc(-c3ccc(OC)cc3)on2)cc1. The fraction of sp³-hybridized carbons (Fsp3) is 0.111. The van der Waals surface area contributed by atoms with Crippen molar-refractivity contribution in [2.24, 2.45) is 0 Å². The summed E-state index contributed by atoms with van der Waals surface area (Å²) in [4.78, 5) is 12.2. The molecule has 2 aromatic carbocycles. The number of hydrogen-bond acceptors (Lipinski definition) is 5. The van der Waals surface area contributed by atoms with Crippen LogP contribution in [0.1, 0.15) is 10.5 Å². The second kappa shape index (κ2) is 6.87. The monoisotopic (exact) mass is 324 g/mol. The van der Waals surface area contributed by atoms with Crippen LogP contribution in [0.3, 0.4) is 0 Å². The fourth-order valence-electron chi connectivity index (χ4n) is 2.14. The van der Waals surface area contributed by atoms with Gasteiger partial charge in [-0.2, -0.15) is 0 Å². The quantitative estimate of drug-likeness (QED) is 0.776. The summed E-state index contributed by atoms with van der Waals surface area (Å²) < 4.78 is 15.4. The molecule has 6 heteroatoms. The van der Waals surface area contributed by atoms with Gasteiger partial charge < -0.3 is 19.3 Å². The molecule has 24 heavy (non-hydrogen) atoms. The summed E-state index contributed by atoms with van der Waals surface area (Å²) in [6, 6.07) is 15.9. The Labute approximate surface area is 139 Å². The first-order valence-corrected chi connectivity index (χ1v) is 7.26. The van der Waals surface area contributed by atoms with Crippen LogP contribution in [0.5, 0.6) is 11.5 Å².